The zero-order chi connectivity index (χ0) is 12.1. The van der Waals surface area contributed by atoms with Crippen molar-refractivity contribution in [3.05, 3.63) is 29.6 Å². The van der Waals surface area contributed by atoms with Crippen LogP contribution in [-0.2, 0) is 5.88 Å². The molecule has 1 aromatic rings. The van der Waals surface area contributed by atoms with Crippen molar-refractivity contribution in [2.45, 2.75) is 38.0 Å². The van der Waals surface area contributed by atoms with Crippen molar-refractivity contribution in [2.75, 3.05) is 6.61 Å². The fourth-order valence-corrected chi connectivity index (χ4v) is 2.47. The first-order valence-corrected chi connectivity index (χ1v) is 6.80. The summed E-state index contributed by atoms with van der Waals surface area (Å²) in [6.45, 7) is 0.636. The van der Waals surface area contributed by atoms with E-state index in [1.54, 1.807) is 6.07 Å². The molecule has 2 rings (SSSR count). The zero-order valence-corrected chi connectivity index (χ0v) is 10.7. The van der Waals surface area contributed by atoms with Crippen LogP contribution in [0.25, 0.3) is 0 Å². The lowest BCUT2D eigenvalue weighted by Gasteiger charge is -2.21. The average molecular weight is 257 g/mol. The van der Waals surface area contributed by atoms with E-state index in [0.717, 1.165) is 5.56 Å². The Morgan fingerprint density at radius 3 is 2.65 bits per heavy atom. The van der Waals surface area contributed by atoms with Crippen molar-refractivity contribution in [3.8, 4) is 5.75 Å². The molecule has 0 radical (unpaired) electrons. The second-order valence-electron chi connectivity index (χ2n) is 4.71. The number of alkyl halides is 1. The minimum atomic E-state index is -0.307. The predicted octanol–water partition coefficient (Wildman–Crippen LogP) is 4.52. The highest BCUT2D eigenvalue weighted by Crippen LogP contribution is 2.26. The van der Waals surface area contributed by atoms with Crippen LogP contribution < -0.4 is 4.74 Å². The van der Waals surface area contributed by atoms with Crippen LogP contribution >= 0.6 is 11.6 Å². The topological polar surface area (TPSA) is 9.23 Å². The van der Waals surface area contributed by atoms with Crippen molar-refractivity contribution in [2.24, 2.45) is 5.92 Å². The molecule has 0 spiro atoms. The quantitative estimate of drug-likeness (QED) is 0.720. The smallest absolute Gasteiger partial charge is 0.165 e. The Balaban J connectivity index is 1.89. The number of benzene rings is 1. The second kappa shape index (κ2) is 6.25. The van der Waals surface area contributed by atoms with Gasteiger partial charge in [0, 0.05) is 5.88 Å². The van der Waals surface area contributed by atoms with Gasteiger partial charge in [0.15, 0.2) is 11.6 Å². The van der Waals surface area contributed by atoms with Gasteiger partial charge in [0.05, 0.1) is 6.61 Å². The maximum Gasteiger partial charge on any atom is 0.165 e. The van der Waals surface area contributed by atoms with E-state index in [1.807, 2.05) is 6.07 Å². The molecule has 0 unspecified atom stereocenters. The Labute approximate surface area is 107 Å². The van der Waals surface area contributed by atoms with Crippen molar-refractivity contribution in [1.82, 2.24) is 0 Å². The van der Waals surface area contributed by atoms with Gasteiger partial charge < -0.3 is 4.74 Å². The normalized spacial score (nSPS) is 17.1. The van der Waals surface area contributed by atoms with Crippen LogP contribution in [0.1, 0.15) is 37.7 Å². The Morgan fingerprint density at radius 1 is 1.24 bits per heavy atom. The van der Waals surface area contributed by atoms with Crippen molar-refractivity contribution < 1.29 is 9.13 Å². The van der Waals surface area contributed by atoms with Crippen LogP contribution in [0.5, 0.6) is 5.75 Å². The van der Waals surface area contributed by atoms with Crippen molar-refractivity contribution >= 4 is 11.6 Å². The Kier molecular flexibility index (Phi) is 4.66. The molecule has 1 nitrogen and oxygen atoms in total. The van der Waals surface area contributed by atoms with Gasteiger partial charge in [-0.05, 0) is 36.5 Å². The van der Waals surface area contributed by atoms with E-state index >= 15 is 0 Å². The highest BCUT2D eigenvalue weighted by atomic mass is 35.5. The molecular formula is C14H18ClFO. The summed E-state index contributed by atoms with van der Waals surface area (Å²) < 4.78 is 19.2. The van der Waals surface area contributed by atoms with Gasteiger partial charge in [-0.3, -0.25) is 0 Å². The van der Waals surface area contributed by atoms with Gasteiger partial charge in [-0.2, -0.15) is 0 Å². The molecule has 1 saturated carbocycles. The van der Waals surface area contributed by atoms with Gasteiger partial charge in [0.1, 0.15) is 0 Å². The molecule has 0 bridgehead atoms. The summed E-state index contributed by atoms with van der Waals surface area (Å²) in [7, 11) is 0. The van der Waals surface area contributed by atoms with E-state index in [2.05, 4.69) is 0 Å². The molecule has 0 N–H and O–H groups in total. The fraction of sp³-hybridized carbons (Fsp3) is 0.571. The molecule has 17 heavy (non-hydrogen) atoms. The Morgan fingerprint density at radius 2 is 2.00 bits per heavy atom. The van der Waals surface area contributed by atoms with Gasteiger partial charge in [0.2, 0.25) is 0 Å². The summed E-state index contributed by atoms with van der Waals surface area (Å²) in [4.78, 5) is 0. The lowest BCUT2D eigenvalue weighted by Crippen LogP contribution is -2.15. The lowest BCUT2D eigenvalue weighted by molar-refractivity contribution is 0.202. The Hall–Kier alpha value is -0.760. The molecule has 1 aliphatic carbocycles. The predicted molar refractivity (Wildman–Crippen MR) is 68.0 cm³/mol. The van der Waals surface area contributed by atoms with Crippen molar-refractivity contribution in [1.29, 1.82) is 0 Å². The van der Waals surface area contributed by atoms with Crippen LogP contribution in [0.15, 0.2) is 18.2 Å². The summed E-state index contributed by atoms with van der Waals surface area (Å²) in [5, 5.41) is 0. The zero-order valence-electron chi connectivity index (χ0n) is 9.92. The van der Waals surface area contributed by atoms with Gasteiger partial charge in [0.25, 0.3) is 0 Å². The van der Waals surface area contributed by atoms with E-state index in [1.165, 1.54) is 38.2 Å². The average Bonchev–Trinajstić information content (AvgIpc) is 2.38. The fourth-order valence-electron chi connectivity index (χ4n) is 2.31. The van der Waals surface area contributed by atoms with Crippen LogP contribution in [-0.4, -0.2) is 6.61 Å². The number of hydrogen-bond acceptors (Lipinski definition) is 1. The summed E-state index contributed by atoms with van der Waals surface area (Å²) >= 11 is 5.64. The Bertz CT molecular complexity index is 361. The van der Waals surface area contributed by atoms with E-state index in [0.29, 0.717) is 24.2 Å². The van der Waals surface area contributed by atoms with Gasteiger partial charge in [-0.25, -0.2) is 4.39 Å². The second-order valence-corrected chi connectivity index (χ2v) is 4.98. The first-order valence-electron chi connectivity index (χ1n) is 6.27. The number of halogens is 2. The van der Waals surface area contributed by atoms with Crippen LogP contribution in [0.2, 0.25) is 0 Å². The van der Waals surface area contributed by atoms with Crippen LogP contribution in [0.3, 0.4) is 0 Å². The third kappa shape index (κ3) is 3.60. The van der Waals surface area contributed by atoms with Gasteiger partial charge >= 0.3 is 0 Å². The molecule has 0 aliphatic heterocycles. The summed E-state index contributed by atoms with van der Waals surface area (Å²) in [5.41, 5.74) is 0.786. The van der Waals surface area contributed by atoms with Crippen LogP contribution in [0.4, 0.5) is 4.39 Å². The largest absolute Gasteiger partial charge is 0.490 e. The maximum absolute atomic E-state index is 13.6. The van der Waals surface area contributed by atoms with E-state index in [-0.39, 0.29) is 5.82 Å². The summed E-state index contributed by atoms with van der Waals surface area (Å²) in [5.74, 6) is 0.971. The molecule has 1 aromatic carbocycles. The van der Waals surface area contributed by atoms with E-state index < -0.39 is 0 Å². The molecule has 0 amide bonds. The first-order chi connectivity index (χ1) is 8.29. The maximum atomic E-state index is 13.6. The molecule has 3 heteroatoms. The molecule has 0 heterocycles. The standard InChI is InChI=1S/C14H18ClFO/c15-9-12-6-7-14(13(16)8-12)17-10-11-4-2-1-3-5-11/h6-8,11H,1-5,9-10H2. The molecular weight excluding hydrogens is 239 g/mol. The number of ether oxygens (including phenoxy) is 1. The number of hydrogen-bond donors (Lipinski definition) is 0. The molecule has 0 aromatic heterocycles. The number of rotatable bonds is 4. The molecule has 94 valence electrons. The highest BCUT2D eigenvalue weighted by molar-refractivity contribution is 6.17. The van der Waals surface area contributed by atoms with Gasteiger partial charge in [-0.15, -0.1) is 11.6 Å². The summed E-state index contributed by atoms with van der Waals surface area (Å²) in [6, 6.07) is 4.94. The molecule has 1 aliphatic rings. The minimum absolute atomic E-state index is 0.307. The van der Waals surface area contributed by atoms with Gasteiger partial charge in [-0.1, -0.05) is 25.3 Å². The highest BCUT2D eigenvalue weighted by Gasteiger charge is 2.15. The lowest BCUT2D eigenvalue weighted by atomic mass is 9.90. The monoisotopic (exact) mass is 256 g/mol. The molecule has 1 fully saturated rings. The molecule has 0 saturated heterocycles. The SMILES string of the molecule is Fc1cc(CCl)ccc1OCC1CCCCC1. The minimum Gasteiger partial charge on any atom is -0.490 e. The van der Waals surface area contributed by atoms with Crippen molar-refractivity contribution in [3.63, 3.8) is 0 Å². The van der Waals surface area contributed by atoms with E-state index in [4.69, 9.17) is 16.3 Å². The first kappa shape index (κ1) is 12.7. The third-order valence-corrected chi connectivity index (χ3v) is 3.66. The third-order valence-electron chi connectivity index (χ3n) is 3.35. The van der Waals surface area contributed by atoms with E-state index in [9.17, 15) is 4.39 Å². The van der Waals surface area contributed by atoms with Crippen LogP contribution in [0, 0.1) is 11.7 Å². The molecule has 0 atom stereocenters. The summed E-state index contributed by atoms with van der Waals surface area (Å²) in [6.07, 6.45) is 6.31.